The van der Waals surface area contributed by atoms with Crippen LogP contribution in [-0.4, -0.2) is 49.4 Å². The van der Waals surface area contributed by atoms with Crippen molar-refractivity contribution in [1.82, 2.24) is 10.6 Å². The molecule has 0 bridgehead atoms. The molecule has 4 rings (SSSR count). The first-order chi connectivity index (χ1) is 17.0. The van der Waals surface area contributed by atoms with Gasteiger partial charge in [0.15, 0.2) is 6.04 Å². The van der Waals surface area contributed by atoms with Crippen LogP contribution in [0, 0.1) is 0 Å². The third-order valence-corrected chi connectivity index (χ3v) is 5.95. The molecule has 8 nitrogen and oxygen atoms in total. The molecule has 8 heteroatoms. The van der Waals surface area contributed by atoms with Crippen molar-refractivity contribution in [3.8, 4) is 11.1 Å². The van der Waals surface area contributed by atoms with E-state index in [-0.39, 0.29) is 19.1 Å². The van der Waals surface area contributed by atoms with Gasteiger partial charge in [-0.1, -0.05) is 78.9 Å². The number of carboxylic acids is 1. The standard InChI is InChI=1S/C27H26N2O6/c1-34-16-23(26(31)32)28-25(30)24(17-9-3-2-4-10-17)29-27(33)35-15-22-20-13-7-5-11-18(20)19-12-6-8-14-21(19)22/h2-14,22-24H,15-16H2,1H3,(H,28,30)(H,29,33)(H,31,32)/t23?,24-/m0/s1. The van der Waals surface area contributed by atoms with Crippen LogP contribution in [0.5, 0.6) is 0 Å². The maximum absolute atomic E-state index is 13.0. The summed E-state index contributed by atoms with van der Waals surface area (Å²) in [5.74, 6) is -2.06. The Hall–Kier alpha value is -4.17. The van der Waals surface area contributed by atoms with Crippen molar-refractivity contribution in [3.05, 3.63) is 95.6 Å². The molecule has 3 N–H and O–H groups in total. The lowest BCUT2D eigenvalue weighted by Gasteiger charge is -2.22. The summed E-state index contributed by atoms with van der Waals surface area (Å²) in [7, 11) is 1.34. The molecule has 35 heavy (non-hydrogen) atoms. The second-order valence-electron chi connectivity index (χ2n) is 8.17. The van der Waals surface area contributed by atoms with Crippen LogP contribution in [0.3, 0.4) is 0 Å². The molecule has 0 saturated heterocycles. The molecule has 2 atom stereocenters. The molecule has 0 aliphatic heterocycles. The van der Waals surface area contributed by atoms with Gasteiger partial charge in [-0.15, -0.1) is 0 Å². The lowest BCUT2D eigenvalue weighted by atomic mass is 9.98. The number of fused-ring (bicyclic) bond motifs is 3. The molecule has 1 aliphatic carbocycles. The average Bonchev–Trinajstić information content (AvgIpc) is 3.20. The normalized spacial score (nSPS) is 13.7. The number of carbonyl (C=O) groups is 3. The molecule has 1 aliphatic rings. The lowest BCUT2D eigenvalue weighted by Crippen LogP contribution is -2.49. The van der Waals surface area contributed by atoms with Crippen LogP contribution in [0.1, 0.15) is 28.7 Å². The first kappa shape index (κ1) is 24.0. The van der Waals surface area contributed by atoms with E-state index in [1.807, 2.05) is 48.5 Å². The SMILES string of the molecule is COCC(NC(=O)[C@@H](NC(=O)OCC1c2ccccc2-c2ccccc21)c1ccccc1)C(=O)O. The van der Waals surface area contributed by atoms with E-state index in [1.54, 1.807) is 30.3 Å². The van der Waals surface area contributed by atoms with Gasteiger partial charge < -0.3 is 25.2 Å². The molecule has 0 aromatic heterocycles. The van der Waals surface area contributed by atoms with Crippen LogP contribution in [0.25, 0.3) is 11.1 Å². The summed E-state index contributed by atoms with van der Waals surface area (Å²) < 4.78 is 10.4. The summed E-state index contributed by atoms with van der Waals surface area (Å²) in [6, 6.07) is 22.1. The van der Waals surface area contributed by atoms with Crippen LogP contribution < -0.4 is 10.6 Å². The van der Waals surface area contributed by atoms with E-state index >= 15 is 0 Å². The van der Waals surface area contributed by atoms with Crippen LogP contribution in [0.2, 0.25) is 0 Å². The van der Waals surface area contributed by atoms with Crippen molar-refractivity contribution in [2.75, 3.05) is 20.3 Å². The summed E-state index contributed by atoms with van der Waals surface area (Å²) in [6.07, 6.45) is -0.783. The van der Waals surface area contributed by atoms with Gasteiger partial charge in [-0.05, 0) is 27.8 Å². The van der Waals surface area contributed by atoms with Gasteiger partial charge >= 0.3 is 12.1 Å². The minimum absolute atomic E-state index is 0.0877. The van der Waals surface area contributed by atoms with Gasteiger partial charge in [-0.2, -0.15) is 0 Å². The molecule has 180 valence electrons. The minimum atomic E-state index is -1.26. The summed E-state index contributed by atoms with van der Waals surface area (Å²) in [6.45, 7) is -0.127. The lowest BCUT2D eigenvalue weighted by molar-refractivity contribution is -0.143. The highest BCUT2D eigenvalue weighted by Gasteiger charge is 2.31. The zero-order chi connectivity index (χ0) is 24.8. The number of aliphatic carboxylic acids is 1. The maximum atomic E-state index is 13.0. The Morgan fingerprint density at radius 1 is 0.857 bits per heavy atom. The number of ether oxygens (including phenoxy) is 2. The summed E-state index contributed by atoms with van der Waals surface area (Å²) in [5.41, 5.74) is 4.85. The maximum Gasteiger partial charge on any atom is 0.408 e. The van der Waals surface area contributed by atoms with Gasteiger partial charge in [0.25, 0.3) is 0 Å². The number of hydrogen-bond donors (Lipinski definition) is 3. The molecule has 0 heterocycles. The fourth-order valence-electron chi connectivity index (χ4n) is 4.30. The number of amides is 2. The Balaban J connectivity index is 1.48. The van der Waals surface area contributed by atoms with E-state index in [9.17, 15) is 19.5 Å². The van der Waals surface area contributed by atoms with Crippen LogP contribution >= 0.6 is 0 Å². The fourth-order valence-corrected chi connectivity index (χ4v) is 4.30. The molecule has 0 fully saturated rings. The second-order valence-corrected chi connectivity index (χ2v) is 8.17. The van der Waals surface area contributed by atoms with Crippen molar-refractivity contribution in [2.45, 2.75) is 18.0 Å². The number of benzene rings is 3. The molecular weight excluding hydrogens is 448 g/mol. The Morgan fingerprint density at radius 3 is 2.00 bits per heavy atom. The topological polar surface area (TPSA) is 114 Å². The van der Waals surface area contributed by atoms with Gasteiger partial charge in [0.1, 0.15) is 12.6 Å². The third-order valence-electron chi connectivity index (χ3n) is 5.95. The Bertz CT molecular complexity index is 1170. The zero-order valence-corrected chi connectivity index (χ0v) is 19.1. The van der Waals surface area contributed by atoms with Gasteiger partial charge in [0.2, 0.25) is 5.91 Å². The van der Waals surface area contributed by atoms with Crippen molar-refractivity contribution < 1.29 is 29.0 Å². The van der Waals surface area contributed by atoms with Gasteiger partial charge in [0.05, 0.1) is 6.61 Å². The van der Waals surface area contributed by atoms with Crippen molar-refractivity contribution in [2.24, 2.45) is 0 Å². The predicted molar refractivity (Wildman–Crippen MR) is 129 cm³/mol. The third kappa shape index (κ3) is 5.33. The molecule has 0 saturated carbocycles. The van der Waals surface area contributed by atoms with E-state index in [0.29, 0.717) is 5.56 Å². The van der Waals surface area contributed by atoms with Crippen LogP contribution in [0.15, 0.2) is 78.9 Å². The minimum Gasteiger partial charge on any atom is -0.480 e. The van der Waals surface area contributed by atoms with Crippen molar-refractivity contribution in [3.63, 3.8) is 0 Å². The summed E-state index contributed by atoms with van der Waals surface area (Å²) in [4.78, 5) is 37.2. The predicted octanol–water partition coefficient (Wildman–Crippen LogP) is 3.48. The van der Waals surface area contributed by atoms with E-state index < -0.39 is 30.1 Å². The summed E-state index contributed by atoms with van der Waals surface area (Å²) in [5, 5.41) is 14.3. The van der Waals surface area contributed by atoms with Gasteiger partial charge in [-0.3, -0.25) is 4.79 Å². The van der Waals surface area contributed by atoms with E-state index in [4.69, 9.17) is 9.47 Å². The highest BCUT2D eigenvalue weighted by molar-refractivity contribution is 5.90. The number of hydrogen-bond acceptors (Lipinski definition) is 5. The fraction of sp³-hybridized carbons (Fsp3) is 0.222. The molecule has 3 aromatic rings. The zero-order valence-electron chi connectivity index (χ0n) is 19.1. The molecule has 0 spiro atoms. The summed E-state index contributed by atoms with van der Waals surface area (Å²) >= 11 is 0. The first-order valence-corrected chi connectivity index (χ1v) is 11.2. The van der Waals surface area contributed by atoms with E-state index in [1.165, 1.54) is 7.11 Å². The highest BCUT2D eigenvalue weighted by atomic mass is 16.5. The van der Waals surface area contributed by atoms with Gasteiger partial charge in [-0.25, -0.2) is 9.59 Å². The molecule has 2 amide bonds. The number of alkyl carbamates (subject to hydrolysis) is 1. The van der Waals surface area contributed by atoms with Crippen LogP contribution in [-0.2, 0) is 19.1 Å². The molecule has 0 radical (unpaired) electrons. The monoisotopic (exact) mass is 474 g/mol. The smallest absolute Gasteiger partial charge is 0.408 e. The van der Waals surface area contributed by atoms with Crippen molar-refractivity contribution in [1.29, 1.82) is 0 Å². The second kappa shape index (κ2) is 10.8. The number of nitrogens with one attached hydrogen (secondary N) is 2. The number of carboxylic acid groups (broad SMARTS) is 1. The highest BCUT2D eigenvalue weighted by Crippen LogP contribution is 2.44. The van der Waals surface area contributed by atoms with Crippen molar-refractivity contribution >= 4 is 18.0 Å². The molecule has 3 aromatic carbocycles. The number of methoxy groups -OCH3 is 1. The Kier molecular flexibility index (Phi) is 7.42. The van der Waals surface area contributed by atoms with E-state index in [0.717, 1.165) is 22.3 Å². The average molecular weight is 475 g/mol. The molecular formula is C27H26N2O6. The van der Waals surface area contributed by atoms with Gasteiger partial charge in [0, 0.05) is 13.0 Å². The first-order valence-electron chi connectivity index (χ1n) is 11.2. The van der Waals surface area contributed by atoms with E-state index in [2.05, 4.69) is 10.6 Å². The Morgan fingerprint density at radius 2 is 1.43 bits per heavy atom. The van der Waals surface area contributed by atoms with Crippen LogP contribution in [0.4, 0.5) is 4.79 Å². The number of carbonyl (C=O) groups excluding carboxylic acids is 2. The quantitative estimate of drug-likeness (QED) is 0.438. The Labute approximate surface area is 202 Å². The largest absolute Gasteiger partial charge is 0.480 e. The number of rotatable bonds is 9. The molecule has 1 unspecified atom stereocenters.